The summed E-state index contributed by atoms with van der Waals surface area (Å²) >= 11 is 0. The lowest BCUT2D eigenvalue weighted by Gasteiger charge is -2.08. The van der Waals surface area contributed by atoms with Crippen LogP contribution in [0.5, 0.6) is 5.75 Å². The molecule has 1 aromatic heterocycles. The summed E-state index contributed by atoms with van der Waals surface area (Å²) in [7, 11) is 0. The van der Waals surface area contributed by atoms with Gasteiger partial charge >= 0.3 is 6.09 Å². The quantitative estimate of drug-likeness (QED) is 0.189. The van der Waals surface area contributed by atoms with Crippen LogP contribution in [0.1, 0.15) is 63.9 Å². The predicted octanol–water partition coefficient (Wildman–Crippen LogP) is 6.18. The van der Waals surface area contributed by atoms with Gasteiger partial charge in [0, 0.05) is 23.6 Å². The second-order valence-corrected chi connectivity index (χ2v) is 6.87. The molecule has 0 aliphatic carbocycles. The normalized spacial score (nSPS) is 10.8. The second kappa shape index (κ2) is 14.2. The lowest BCUT2D eigenvalue weighted by atomic mass is 10.1. The van der Waals surface area contributed by atoms with Crippen molar-refractivity contribution in [2.24, 2.45) is 5.16 Å². The molecule has 0 saturated carbocycles. The summed E-state index contributed by atoms with van der Waals surface area (Å²) in [6.07, 6.45) is 14.3. The maximum atomic E-state index is 11.7. The van der Waals surface area contributed by atoms with E-state index in [0.29, 0.717) is 12.3 Å². The molecule has 29 heavy (non-hydrogen) atoms. The van der Waals surface area contributed by atoms with Gasteiger partial charge in [0.15, 0.2) is 0 Å². The topological polar surface area (TPSA) is 72.8 Å². The number of hydrogen-bond acceptors (Lipinski definition) is 5. The standard InChI is InChI=1S/C23H31N3O3/c1-2-3-4-5-6-7-8-9-17-28-22-14-12-21(13-15-22)26-23(27)29-25-19-20-11-10-16-24-18-20/h10-16,18-19H,2-9,17H2,1H3,(H,26,27). The summed E-state index contributed by atoms with van der Waals surface area (Å²) in [5.74, 6) is 0.793. The first-order valence-corrected chi connectivity index (χ1v) is 10.4. The fraction of sp³-hybridized carbons (Fsp3) is 0.435. The largest absolute Gasteiger partial charge is 0.494 e. The predicted molar refractivity (Wildman–Crippen MR) is 116 cm³/mol. The van der Waals surface area contributed by atoms with Gasteiger partial charge in [-0.05, 0) is 36.8 Å². The number of pyridine rings is 1. The third-order valence-corrected chi connectivity index (χ3v) is 4.39. The van der Waals surface area contributed by atoms with E-state index in [-0.39, 0.29) is 0 Å². The molecule has 156 valence electrons. The van der Waals surface area contributed by atoms with E-state index in [4.69, 9.17) is 9.57 Å². The highest BCUT2D eigenvalue weighted by Crippen LogP contribution is 2.16. The zero-order valence-corrected chi connectivity index (χ0v) is 17.2. The number of nitrogens with zero attached hydrogens (tertiary/aromatic N) is 2. The van der Waals surface area contributed by atoms with Gasteiger partial charge in [-0.3, -0.25) is 15.1 Å². The van der Waals surface area contributed by atoms with E-state index in [0.717, 1.165) is 17.7 Å². The molecule has 0 bridgehead atoms. The van der Waals surface area contributed by atoms with Crippen LogP contribution in [0.4, 0.5) is 10.5 Å². The van der Waals surface area contributed by atoms with Crippen LogP contribution in [0.3, 0.4) is 0 Å². The van der Waals surface area contributed by atoms with Crippen LogP contribution >= 0.6 is 0 Å². The average Bonchev–Trinajstić information content (AvgIpc) is 2.74. The molecular weight excluding hydrogens is 366 g/mol. The molecule has 1 N–H and O–H groups in total. The first-order chi connectivity index (χ1) is 14.3. The minimum atomic E-state index is -0.655. The highest BCUT2D eigenvalue weighted by molar-refractivity contribution is 5.85. The molecule has 2 aromatic rings. The van der Waals surface area contributed by atoms with Crippen LogP contribution < -0.4 is 10.1 Å². The van der Waals surface area contributed by atoms with Crippen molar-refractivity contribution in [3.63, 3.8) is 0 Å². The maximum absolute atomic E-state index is 11.7. The van der Waals surface area contributed by atoms with E-state index >= 15 is 0 Å². The Bertz CT molecular complexity index is 718. The van der Waals surface area contributed by atoms with Crippen molar-refractivity contribution in [3.8, 4) is 5.75 Å². The zero-order chi connectivity index (χ0) is 20.6. The van der Waals surface area contributed by atoms with Crippen molar-refractivity contribution in [1.29, 1.82) is 0 Å². The Morgan fingerprint density at radius 3 is 2.45 bits per heavy atom. The Hall–Kier alpha value is -2.89. The Morgan fingerprint density at radius 1 is 1.03 bits per heavy atom. The van der Waals surface area contributed by atoms with Crippen molar-refractivity contribution in [2.45, 2.75) is 58.3 Å². The van der Waals surface area contributed by atoms with Crippen molar-refractivity contribution in [1.82, 2.24) is 4.98 Å². The van der Waals surface area contributed by atoms with Gasteiger partial charge in [-0.15, -0.1) is 0 Å². The molecule has 0 radical (unpaired) electrons. The number of carbonyl (C=O) groups is 1. The van der Waals surface area contributed by atoms with Crippen LogP contribution in [0.15, 0.2) is 53.9 Å². The molecule has 0 atom stereocenters. The second-order valence-electron chi connectivity index (χ2n) is 6.87. The summed E-state index contributed by atoms with van der Waals surface area (Å²) < 4.78 is 5.75. The fourth-order valence-electron chi connectivity index (χ4n) is 2.79. The Balaban J connectivity index is 1.58. The Labute approximate surface area is 173 Å². The number of rotatable bonds is 13. The summed E-state index contributed by atoms with van der Waals surface area (Å²) in [4.78, 5) is 20.5. The van der Waals surface area contributed by atoms with Crippen LogP contribution in [0.25, 0.3) is 0 Å². The minimum Gasteiger partial charge on any atom is -0.494 e. The van der Waals surface area contributed by atoms with E-state index in [2.05, 4.69) is 22.4 Å². The van der Waals surface area contributed by atoms with Crippen molar-refractivity contribution < 1.29 is 14.4 Å². The number of ether oxygens (including phenoxy) is 1. The number of amides is 1. The monoisotopic (exact) mass is 397 g/mol. The van der Waals surface area contributed by atoms with Crippen LogP contribution in [-0.2, 0) is 4.84 Å². The SMILES string of the molecule is CCCCCCCCCCOc1ccc(NC(=O)ON=Cc2cccnc2)cc1. The Morgan fingerprint density at radius 2 is 1.76 bits per heavy atom. The van der Waals surface area contributed by atoms with Gasteiger partial charge in [0.05, 0.1) is 12.8 Å². The van der Waals surface area contributed by atoms with Crippen molar-refractivity contribution in [3.05, 3.63) is 54.4 Å². The van der Waals surface area contributed by atoms with Gasteiger partial charge in [0.2, 0.25) is 0 Å². The molecule has 6 nitrogen and oxygen atoms in total. The summed E-state index contributed by atoms with van der Waals surface area (Å²) in [5.41, 5.74) is 1.37. The number of benzene rings is 1. The Kier molecular flexibility index (Phi) is 10.9. The van der Waals surface area contributed by atoms with Crippen molar-refractivity contribution >= 4 is 18.0 Å². The number of oxime groups is 1. The zero-order valence-electron chi connectivity index (χ0n) is 17.2. The van der Waals surface area contributed by atoms with Gasteiger partial charge in [-0.2, -0.15) is 0 Å². The molecule has 0 aliphatic heterocycles. The van der Waals surface area contributed by atoms with Gasteiger partial charge in [-0.25, -0.2) is 4.79 Å². The maximum Gasteiger partial charge on any atom is 0.437 e. The van der Waals surface area contributed by atoms with Crippen LogP contribution in [0.2, 0.25) is 0 Å². The molecular formula is C23H31N3O3. The molecule has 2 rings (SSSR count). The molecule has 6 heteroatoms. The van der Waals surface area contributed by atoms with E-state index in [1.54, 1.807) is 30.6 Å². The molecule has 0 unspecified atom stereocenters. The lowest BCUT2D eigenvalue weighted by Crippen LogP contribution is -2.10. The van der Waals surface area contributed by atoms with Gasteiger partial charge in [-0.1, -0.05) is 63.1 Å². The third kappa shape index (κ3) is 10.3. The third-order valence-electron chi connectivity index (χ3n) is 4.39. The van der Waals surface area contributed by atoms with Crippen molar-refractivity contribution in [2.75, 3.05) is 11.9 Å². The number of aromatic nitrogens is 1. The smallest absolute Gasteiger partial charge is 0.437 e. The van der Waals surface area contributed by atoms with E-state index in [1.165, 1.54) is 51.2 Å². The van der Waals surface area contributed by atoms with Gasteiger partial charge < -0.3 is 4.74 Å². The lowest BCUT2D eigenvalue weighted by molar-refractivity contribution is 0.167. The number of anilines is 1. The first-order valence-electron chi connectivity index (χ1n) is 10.4. The summed E-state index contributed by atoms with van der Waals surface area (Å²) in [6.45, 7) is 2.96. The first kappa shape index (κ1) is 22.4. The van der Waals surface area contributed by atoms with Gasteiger partial charge in [0.25, 0.3) is 0 Å². The highest BCUT2D eigenvalue weighted by Gasteiger charge is 2.03. The average molecular weight is 398 g/mol. The molecule has 0 saturated heterocycles. The number of unbranched alkanes of at least 4 members (excludes halogenated alkanes) is 7. The van der Waals surface area contributed by atoms with Crippen LogP contribution in [-0.4, -0.2) is 23.9 Å². The molecule has 1 amide bonds. The minimum absolute atomic E-state index is 0.617. The molecule has 0 fully saturated rings. The summed E-state index contributed by atoms with van der Waals surface area (Å²) in [5, 5.41) is 6.25. The number of carbonyl (C=O) groups excluding carboxylic acids is 1. The fourth-order valence-corrected chi connectivity index (χ4v) is 2.79. The van der Waals surface area contributed by atoms with Crippen LogP contribution in [0, 0.1) is 0 Å². The van der Waals surface area contributed by atoms with Gasteiger partial charge in [0.1, 0.15) is 5.75 Å². The number of nitrogens with one attached hydrogen (secondary N) is 1. The van der Waals surface area contributed by atoms with E-state index in [1.807, 2.05) is 18.2 Å². The van der Waals surface area contributed by atoms with E-state index < -0.39 is 6.09 Å². The highest BCUT2D eigenvalue weighted by atomic mass is 16.7. The molecule has 1 heterocycles. The molecule has 0 aliphatic rings. The molecule has 0 spiro atoms. The molecule has 1 aromatic carbocycles. The number of hydrogen-bond donors (Lipinski definition) is 1. The summed E-state index contributed by atoms with van der Waals surface area (Å²) in [6, 6.07) is 10.8. The van der Waals surface area contributed by atoms with E-state index in [9.17, 15) is 4.79 Å².